The van der Waals surface area contributed by atoms with Crippen LogP contribution in [0.25, 0.3) is 0 Å². The van der Waals surface area contributed by atoms with Crippen LogP contribution in [0.1, 0.15) is 56.6 Å². The van der Waals surface area contributed by atoms with Gasteiger partial charge >= 0.3 is 0 Å². The van der Waals surface area contributed by atoms with Gasteiger partial charge in [-0.15, -0.1) is 0 Å². The molecule has 2 rings (SSSR count). The summed E-state index contributed by atoms with van der Waals surface area (Å²) in [4.78, 5) is 47.8. The molecule has 1 aromatic rings. The van der Waals surface area contributed by atoms with E-state index in [2.05, 4.69) is 26.0 Å². The lowest BCUT2D eigenvalue weighted by Crippen LogP contribution is -2.32. The van der Waals surface area contributed by atoms with Gasteiger partial charge < -0.3 is 9.47 Å². The summed E-state index contributed by atoms with van der Waals surface area (Å²) in [7, 11) is 0. The maximum Gasteiger partial charge on any atom is 0.253 e. The molecule has 0 aliphatic carbocycles. The molecule has 0 unspecified atom stereocenters. The number of ketones is 2. The molecule has 174 valence electrons. The number of ether oxygens (including phenoxy) is 2. The van der Waals surface area contributed by atoms with E-state index in [0.29, 0.717) is 58.0 Å². The van der Waals surface area contributed by atoms with Crippen molar-refractivity contribution in [2.75, 3.05) is 33.0 Å². The molecule has 1 aliphatic heterocycles. The van der Waals surface area contributed by atoms with E-state index >= 15 is 0 Å². The van der Waals surface area contributed by atoms with Gasteiger partial charge in [-0.05, 0) is 23.5 Å². The van der Waals surface area contributed by atoms with E-state index in [4.69, 9.17) is 9.47 Å². The van der Waals surface area contributed by atoms with E-state index in [1.807, 2.05) is 12.1 Å². The number of Topliss-reactive ketones (excluding diaryl/α,β-unsaturated/α-hetero) is 2. The second kappa shape index (κ2) is 13.7. The molecular weight excluding hydrogens is 410 g/mol. The molecule has 7 nitrogen and oxygen atoms in total. The number of amides is 2. The monoisotopic (exact) mass is 443 g/mol. The number of carbonyl (C=O) groups is 4. The fourth-order valence-corrected chi connectivity index (χ4v) is 3.23. The average Bonchev–Trinajstić information content (AvgIpc) is 3.08. The molecule has 0 spiro atoms. The topological polar surface area (TPSA) is 90.0 Å². The zero-order valence-electron chi connectivity index (χ0n) is 19.0. The van der Waals surface area contributed by atoms with E-state index in [1.54, 1.807) is 0 Å². The molecule has 0 atom stereocenters. The fraction of sp³-hybridized carbons (Fsp3) is 0.520. The molecule has 0 saturated heterocycles. The van der Waals surface area contributed by atoms with Crippen molar-refractivity contribution in [2.24, 2.45) is 0 Å². The van der Waals surface area contributed by atoms with Crippen LogP contribution in [0.2, 0.25) is 0 Å². The maximum atomic E-state index is 12.1. The number of hydrogen-bond acceptors (Lipinski definition) is 6. The fourth-order valence-electron chi connectivity index (χ4n) is 3.23. The Hall–Kier alpha value is -2.64. The third-order valence-electron chi connectivity index (χ3n) is 5.20. The summed E-state index contributed by atoms with van der Waals surface area (Å²) in [6, 6.07) is 8.16. The Labute approximate surface area is 189 Å². The number of imide groups is 1. The largest absolute Gasteiger partial charge is 0.379 e. The van der Waals surface area contributed by atoms with Crippen LogP contribution < -0.4 is 0 Å². The smallest absolute Gasteiger partial charge is 0.253 e. The lowest BCUT2D eigenvalue weighted by atomic mass is 10.00. The SMILES string of the molecule is CC(C)c1ccc(CC(=O)CCOCCOCCCC(=O)CCN2C(=O)C=CC2=O)cc1. The summed E-state index contributed by atoms with van der Waals surface area (Å²) in [5.41, 5.74) is 2.29. The standard InChI is InChI=1S/C25H33NO6/c1-19(2)21-7-5-20(6-8-21)18-23(28)12-15-32-17-16-31-14-3-4-22(27)11-13-26-24(29)9-10-25(26)30/h5-10,19H,3-4,11-18H2,1-2H3. The molecule has 0 saturated carbocycles. The Morgan fingerprint density at radius 3 is 2.06 bits per heavy atom. The molecule has 0 radical (unpaired) electrons. The summed E-state index contributed by atoms with van der Waals surface area (Å²) in [6.07, 6.45) is 4.30. The van der Waals surface area contributed by atoms with E-state index in [1.165, 1.54) is 17.7 Å². The lowest BCUT2D eigenvalue weighted by molar-refractivity contribution is -0.137. The first-order valence-corrected chi connectivity index (χ1v) is 11.2. The zero-order chi connectivity index (χ0) is 23.3. The Morgan fingerprint density at radius 2 is 1.44 bits per heavy atom. The molecule has 1 aliphatic rings. The first-order valence-electron chi connectivity index (χ1n) is 11.2. The number of hydrogen-bond donors (Lipinski definition) is 0. The average molecular weight is 444 g/mol. The first-order chi connectivity index (χ1) is 15.4. The van der Waals surface area contributed by atoms with Gasteiger partial charge in [0.25, 0.3) is 11.8 Å². The van der Waals surface area contributed by atoms with Crippen LogP contribution in [0.3, 0.4) is 0 Å². The summed E-state index contributed by atoms with van der Waals surface area (Å²) < 4.78 is 10.9. The summed E-state index contributed by atoms with van der Waals surface area (Å²) >= 11 is 0. The van der Waals surface area contributed by atoms with Gasteiger partial charge in [-0.25, -0.2) is 0 Å². The molecule has 32 heavy (non-hydrogen) atoms. The van der Waals surface area contributed by atoms with Crippen LogP contribution in [0.15, 0.2) is 36.4 Å². The third-order valence-corrected chi connectivity index (χ3v) is 5.20. The maximum absolute atomic E-state index is 12.1. The third kappa shape index (κ3) is 9.24. The minimum Gasteiger partial charge on any atom is -0.379 e. The Balaban J connectivity index is 1.42. The van der Waals surface area contributed by atoms with Crippen molar-refractivity contribution < 1.29 is 28.7 Å². The van der Waals surface area contributed by atoms with Crippen molar-refractivity contribution in [1.29, 1.82) is 0 Å². The summed E-state index contributed by atoms with van der Waals surface area (Å²) in [6.45, 7) is 6.02. The Kier molecular flexibility index (Phi) is 11.0. The van der Waals surface area contributed by atoms with Crippen LogP contribution in [-0.4, -0.2) is 61.3 Å². The molecule has 1 aromatic carbocycles. The lowest BCUT2D eigenvalue weighted by Gasteiger charge is -2.12. The van der Waals surface area contributed by atoms with E-state index in [0.717, 1.165) is 10.5 Å². The van der Waals surface area contributed by atoms with Crippen molar-refractivity contribution in [3.8, 4) is 0 Å². The number of nitrogens with zero attached hydrogens (tertiary/aromatic N) is 1. The summed E-state index contributed by atoms with van der Waals surface area (Å²) in [5, 5.41) is 0. The minimum atomic E-state index is -0.367. The molecular formula is C25H33NO6. The van der Waals surface area contributed by atoms with Gasteiger partial charge in [-0.1, -0.05) is 38.1 Å². The second-order valence-electron chi connectivity index (χ2n) is 8.14. The Morgan fingerprint density at radius 1 is 0.812 bits per heavy atom. The van der Waals surface area contributed by atoms with Crippen molar-refractivity contribution in [1.82, 2.24) is 4.90 Å². The number of benzene rings is 1. The molecule has 0 N–H and O–H groups in total. The Bertz CT molecular complexity index is 794. The predicted molar refractivity (Wildman–Crippen MR) is 120 cm³/mol. The number of carbonyl (C=O) groups excluding carboxylic acids is 4. The van der Waals surface area contributed by atoms with E-state index in [-0.39, 0.29) is 36.3 Å². The van der Waals surface area contributed by atoms with Crippen molar-refractivity contribution in [3.63, 3.8) is 0 Å². The highest BCUT2D eigenvalue weighted by Gasteiger charge is 2.23. The summed E-state index contributed by atoms with van der Waals surface area (Å²) in [5.74, 6) is -0.113. The van der Waals surface area contributed by atoms with Gasteiger partial charge in [0.1, 0.15) is 11.6 Å². The van der Waals surface area contributed by atoms with Crippen LogP contribution in [0, 0.1) is 0 Å². The van der Waals surface area contributed by atoms with Gasteiger partial charge in [0.15, 0.2) is 0 Å². The van der Waals surface area contributed by atoms with E-state index < -0.39 is 0 Å². The van der Waals surface area contributed by atoms with Crippen LogP contribution >= 0.6 is 0 Å². The van der Waals surface area contributed by atoms with Crippen LogP contribution in [0.4, 0.5) is 0 Å². The van der Waals surface area contributed by atoms with E-state index in [9.17, 15) is 19.2 Å². The van der Waals surface area contributed by atoms with Crippen molar-refractivity contribution >= 4 is 23.4 Å². The van der Waals surface area contributed by atoms with Gasteiger partial charge in [-0.2, -0.15) is 0 Å². The highest BCUT2D eigenvalue weighted by molar-refractivity contribution is 6.13. The van der Waals surface area contributed by atoms with Crippen molar-refractivity contribution in [2.45, 2.75) is 51.9 Å². The van der Waals surface area contributed by atoms with Gasteiger partial charge in [0.05, 0.1) is 19.8 Å². The van der Waals surface area contributed by atoms with Crippen LogP contribution in [-0.2, 0) is 35.1 Å². The molecule has 2 amide bonds. The molecule has 0 aromatic heterocycles. The van der Waals surface area contributed by atoms with Gasteiger partial charge in [-0.3, -0.25) is 24.1 Å². The molecule has 1 heterocycles. The predicted octanol–water partition coefficient (Wildman–Crippen LogP) is 3.01. The molecule has 7 heteroatoms. The van der Waals surface area contributed by atoms with Gasteiger partial charge in [0, 0.05) is 51.0 Å². The van der Waals surface area contributed by atoms with Crippen LogP contribution in [0.5, 0.6) is 0 Å². The minimum absolute atomic E-state index is 0.00490. The van der Waals surface area contributed by atoms with Gasteiger partial charge in [0.2, 0.25) is 0 Å². The number of rotatable bonds is 16. The second-order valence-corrected chi connectivity index (χ2v) is 8.14. The zero-order valence-corrected chi connectivity index (χ0v) is 19.0. The first kappa shape index (κ1) is 25.6. The quantitative estimate of drug-likeness (QED) is 0.288. The molecule has 0 bridgehead atoms. The molecule has 0 fully saturated rings. The normalized spacial score (nSPS) is 13.4. The van der Waals surface area contributed by atoms with Crippen molar-refractivity contribution in [3.05, 3.63) is 47.5 Å². The highest BCUT2D eigenvalue weighted by Crippen LogP contribution is 2.15. The highest BCUT2D eigenvalue weighted by atomic mass is 16.5.